The summed E-state index contributed by atoms with van der Waals surface area (Å²) in [6, 6.07) is 20.6. The number of hydrogen-bond acceptors (Lipinski definition) is 6. The van der Waals surface area contributed by atoms with Crippen LogP contribution < -0.4 is 4.90 Å². The number of alkyl halides is 2. The fourth-order valence-corrected chi connectivity index (χ4v) is 6.15. The Balaban J connectivity index is 1.60. The van der Waals surface area contributed by atoms with Gasteiger partial charge in [-0.1, -0.05) is 60.7 Å². The average molecular weight is 639 g/mol. The predicted octanol–water partition coefficient (Wildman–Crippen LogP) is 6.69. The minimum Gasteiger partial charge on any atom is -0.444 e. The summed E-state index contributed by atoms with van der Waals surface area (Å²) >= 11 is 0. The van der Waals surface area contributed by atoms with Crippen LogP contribution in [0.5, 0.6) is 0 Å². The summed E-state index contributed by atoms with van der Waals surface area (Å²) in [7, 11) is 0. The average Bonchev–Trinajstić information content (AvgIpc) is 2.99. The van der Waals surface area contributed by atoms with Gasteiger partial charge in [0.15, 0.2) is 11.5 Å². The van der Waals surface area contributed by atoms with Gasteiger partial charge >= 0.3 is 6.09 Å². The lowest BCUT2D eigenvalue weighted by Crippen LogP contribution is -2.64. The highest BCUT2D eigenvalue weighted by Gasteiger charge is 2.55. The molecular formula is C34H37F3N4O5. The monoisotopic (exact) mass is 638 g/mol. The molecule has 46 heavy (non-hydrogen) atoms. The van der Waals surface area contributed by atoms with Crippen molar-refractivity contribution in [2.45, 2.75) is 63.6 Å². The molecule has 5 rings (SSSR count). The van der Waals surface area contributed by atoms with Crippen LogP contribution >= 0.6 is 0 Å². The van der Waals surface area contributed by atoms with Crippen LogP contribution in [0.15, 0.2) is 72.8 Å². The molecule has 0 aromatic heterocycles. The van der Waals surface area contributed by atoms with E-state index in [9.17, 15) is 28.5 Å². The number of halogens is 3. The minimum absolute atomic E-state index is 0.00556. The highest BCUT2D eigenvalue weighted by atomic mass is 19.3. The Hall–Kier alpha value is -4.61. The van der Waals surface area contributed by atoms with Crippen molar-refractivity contribution in [3.05, 3.63) is 105 Å². The Labute approximate surface area is 265 Å². The van der Waals surface area contributed by atoms with Crippen LogP contribution in [-0.2, 0) is 28.0 Å². The number of anilines is 1. The SMILES string of the molecule is CC(C)(C)OC(=O)N1CCC(C(=O)N2CC(F)(F)C2)(c2ccc([N+](=O)[O-])c(N(Cc3ccccc3)Cc3ccccc3)c2F)CC1. The summed E-state index contributed by atoms with van der Waals surface area (Å²) < 4.78 is 50.6. The number of rotatable bonds is 8. The van der Waals surface area contributed by atoms with Crippen LogP contribution in [-0.4, -0.2) is 64.4 Å². The van der Waals surface area contributed by atoms with Gasteiger partial charge in [-0.3, -0.25) is 14.9 Å². The van der Waals surface area contributed by atoms with Gasteiger partial charge in [0.2, 0.25) is 5.91 Å². The third-order valence-corrected chi connectivity index (χ3v) is 8.37. The van der Waals surface area contributed by atoms with Crippen molar-refractivity contribution in [3.8, 4) is 0 Å². The van der Waals surface area contributed by atoms with Crippen LogP contribution in [0.3, 0.4) is 0 Å². The van der Waals surface area contributed by atoms with Gasteiger partial charge in [-0.25, -0.2) is 18.0 Å². The summed E-state index contributed by atoms with van der Waals surface area (Å²) in [5.41, 5.74) is -1.78. The molecule has 0 atom stereocenters. The maximum atomic E-state index is 17.2. The summed E-state index contributed by atoms with van der Waals surface area (Å²) in [5, 5.41) is 12.3. The maximum absolute atomic E-state index is 17.2. The lowest BCUT2D eigenvalue weighted by molar-refractivity contribution is -0.384. The number of nitrogens with zero attached hydrogens (tertiary/aromatic N) is 4. The van der Waals surface area contributed by atoms with E-state index in [4.69, 9.17) is 4.74 Å². The van der Waals surface area contributed by atoms with E-state index in [1.54, 1.807) is 25.7 Å². The molecular weight excluding hydrogens is 601 g/mol. The second-order valence-electron chi connectivity index (χ2n) is 12.9. The fourth-order valence-electron chi connectivity index (χ4n) is 6.15. The van der Waals surface area contributed by atoms with Gasteiger partial charge in [-0.05, 0) is 50.8 Å². The molecule has 2 fully saturated rings. The zero-order valence-corrected chi connectivity index (χ0v) is 26.0. The molecule has 9 nitrogen and oxygen atoms in total. The number of carbonyl (C=O) groups is 2. The molecule has 2 heterocycles. The normalized spacial score (nSPS) is 17.2. The molecule has 2 amide bonds. The molecule has 0 radical (unpaired) electrons. The van der Waals surface area contributed by atoms with Gasteiger partial charge in [0.25, 0.3) is 11.6 Å². The molecule has 0 saturated carbocycles. The number of likely N-dealkylation sites (tertiary alicyclic amines) is 2. The molecule has 2 aliphatic rings. The maximum Gasteiger partial charge on any atom is 0.410 e. The van der Waals surface area contributed by atoms with E-state index in [-0.39, 0.29) is 50.3 Å². The standard InChI is InChI=1S/C34H37F3N4O5/c1-32(2,3)46-31(43)38-18-16-33(17-19-38,30(42)40-22-34(36,37)23-40)26-14-15-27(41(44)45)29(28(26)35)39(20-24-10-6-4-7-11-24)21-25-12-8-5-9-13-25/h4-15H,16-23H2,1-3H3. The van der Waals surface area contributed by atoms with E-state index in [0.717, 1.165) is 16.0 Å². The molecule has 2 aliphatic heterocycles. The van der Waals surface area contributed by atoms with E-state index >= 15 is 4.39 Å². The number of nitro benzene ring substituents is 1. The first-order valence-corrected chi connectivity index (χ1v) is 15.1. The quantitative estimate of drug-likeness (QED) is 0.202. The van der Waals surface area contributed by atoms with Crippen molar-refractivity contribution in [1.29, 1.82) is 0 Å². The van der Waals surface area contributed by atoms with Crippen LogP contribution in [0.2, 0.25) is 0 Å². The molecule has 0 N–H and O–H groups in total. The number of ether oxygens (including phenoxy) is 1. The van der Waals surface area contributed by atoms with Gasteiger partial charge in [0.1, 0.15) is 5.60 Å². The molecule has 0 aliphatic carbocycles. The number of nitro groups is 1. The third-order valence-electron chi connectivity index (χ3n) is 8.37. The van der Waals surface area contributed by atoms with Crippen LogP contribution in [0, 0.1) is 15.9 Å². The largest absolute Gasteiger partial charge is 0.444 e. The highest BCUT2D eigenvalue weighted by molar-refractivity contribution is 5.90. The lowest BCUT2D eigenvalue weighted by atomic mass is 9.70. The van der Waals surface area contributed by atoms with Crippen molar-refractivity contribution >= 4 is 23.4 Å². The van der Waals surface area contributed by atoms with Crippen molar-refractivity contribution in [1.82, 2.24) is 9.80 Å². The van der Waals surface area contributed by atoms with E-state index < -0.39 is 58.5 Å². The first-order chi connectivity index (χ1) is 21.7. The molecule has 12 heteroatoms. The molecule has 244 valence electrons. The molecule has 0 bridgehead atoms. The van der Waals surface area contributed by atoms with E-state index in [1.807, 2.05) is 60.7 Å². The lowest BCUT2D eigenvalue weighted by Gasteiger charge is -2.48. The molecule has 3 aromatic carbocycles. The number of piperidine rings is 1. The number of benzene rings is 3. The minimum atomic E-state index is -3.06. The first kappa shape index (κ1) is 32.8. The van der Waals surface area contributed by atoms with Crippen molar-refractivity contribution < 1.29 is 32.4 Å². The van der Waals surface area contributed by atoms with Gasteiger partial charge in [0.05, 0.1) is 23.4 Å². The number of hydrogen-bond donors (Lipinski definition) is 0. The van der Waals surface area contributed by atoms with E-state index in [1.165, 1.54) is 17.0 Å². The zero-order valence-electron chi connectivity index (χ0n) is 26.0. The third kappa shape index (κ3) is 6.95. The van der Waals surface area contributed by atoms with Crippen LogP contribution in [0.1, 0.15) is 50.3 Å². The van der Waals surface area contributed by atoms with Crippen molar-refractivity contribution in [3.63, 3.8) is 0 Å². The topological polar surface area (TPSA) is 96.2 Å². The second kappa shape index (κ2) is 12.6. The number of carbonyl (C=O) groups excluding carboxylic acids is 2. The summed E-state index contributed by atoms with van der Waals surface area (Å²) in [4.78, 5) is 42.6. The molecule has 3 aromatic rings. The van der Waals surface area contributed by atoms with Gasteiger partial charge < -0.3 is 19.4 Å². The zero-order chi connectivity index (χ0) is 33.3. The molecule has 2 saturated heterocycles. The van der Waals surface area contributed by atoms with Crippen LogP contribution in [0.25, 0.3) is 0 Å². The van der Waals surface area contributed by atoms with Gasteiger partial charge in [0, 0.05) is 37.8 Å². The summed E-state index contributed by atoms with van der Waals surface area (Å²) in [6.45, 7) is 3.76. The van der Waals surface area contributed by atoms with Crippen LogP contribution in [0.4, 0.5) is 29.3 Å². The van der Waals surface area contributed by atoms with Gasteiger partial charge in [-0.2, -0.15) is 0 Å². The number of amides is 2. The molecule has 0 spiro atoms. The van der Waals surface area contributed by atoms with Crippen molar-refractivity contribution in [2.24, 2.45) is 0 Å². The Morgan fingerprint density at radius 2 is 1.41 bits per heavy atom. The highest BCUT2D eigenvalue weighted by Crippen LogP contribution is 2.46. The van der Waals surface area contributed by atoms with Gasteiger partial charge in [-0.15, -0.1) is 0 Å². The Morgan fingerprint density at radius 3 is 1.87 bits per heavy atom. The van der Waals surface area contributed by atoms with E-state index in [0.29, 0.717) is 0 Å². The van der Waals surface area contributed by atoms with E-state index in [2.05, 4.69) is 0 Å². The predicted molar refractivity (Wildman–Crippen MR) is 166 cm³/mol. The Bertz CT molecular complexity index is 1540. The first-order valence-electron chi connectivity index (χ1n) is 15.1. The van der Waals surface area contributed by atoms with Crippen molar-refractivity contribution in [2.75, 3.05) is 31.1 Å². The smallest absolute Gasteiger partial charge is 0.410 e. The summed E-state index contributed by atoms with van der Waals surface area (Å²) in [5.74, 6) is -4.72. The Kier molecular flexibility index (Phi) is 9.01. The Morgan fingerprint density at radius 1 is 0.891 bits per heavy atom. The second-order valence-corrected chi connectivity index (χ2v) is 12.9. The molecule has 0 unspecified atom stereocenters. The summed E-state index contributed by atoms with van der Waals surface area (Å²) in [6.07, 6.45) is -0.775. The fraction of sp³-hybridized carbons (Fsp3) is 0.412.